The minimum Gasteiger partial charge on any atom is -0.382 e. The minimum absolute atomic E-state index is 0.332. The highest BCUT2D eigenvalue weighted by molar-refractivity contribution is 6.33. The van der Waals surface area contributed by atoms with Gasteiger partial charge in [0.25, 0.3) is 0 Å². The molecule has 0 bridgehead atoms. The number of rotatable bonds is 4. The Kier molecular flexibility index (Phi) is 6.93. The molecule has 2 atom stereocenters. The van der Waals surface area contributed by atoms with Gasteiger partial charge in [-0.05, 0) is 75.6 Å². The molecule has 0 spiro atoms. The minimum atomic E-state index is -1.50. The largest absolute Gasteiger partial charge is 0.382 e. The number of pyridine rings is 1. The maximum Gasteiger partial charge on any atom is 0.221 e. The summed E-state index contributed by atoms with van der Waals surface area (Å²) >= 11 is 6.07. The van der Waals surface area contributed by atoms with E-state index >= 15 is 0 Å². The number of aryl methyl sites for hydroxylation is 1. The van der Waals surface area contributed by atoms with Crippen LogP contribution >= 0.6 is 11.6 Å². The number of halogens is 1. The summed E-state index contributed by atoms with van der Waals surface area (Å²) in [5, 5.41) is 18.7. The molecule has 2 unspecified atom stereocenters. The number of nitrogens with two attached hydrogens (primary N) is 2. The standard InChI is InChI=1S/C22H23ClN6.C3H8O2/c23-18-11-15-5-3-14(10-19(15)27-20(18)24)2-1-13-4-6-17(9-13)29-8-7-16-12-26-22(25)28-21(16)29;1-3(2,4)5/h3,5,7-8,10-13,17H,1-2,4,6,9H2,(H2,24,27)(H2,25,26,28);4-5H,1-2H3. The van der Waals surface area contributed by atoms with Crippen LogP contribution in [-0.2, 0) is 6.42 Å². The Labute approximate surface area is 203 Å². The third kappa shape index (κ3) is 5.94. The molecule has 0 radical (unpaired) electrons. The summed E-state index contributed by atoms with van der Waals surface area (Å²) in [6, 6.07) is 10.8. The van der Waals surface area contributed by atoms with E-state index in [0.29, 0.717) is 28.7 Å². The predicted molar refractivity (Wildman–Crippen MR) is 136 cm³/mol. The van der Waals surface area contributed by atoms with Crippen LogP contribution in [0, 0.1) is 5.92 Å². The predicted octanol–water partition coefficient (Wildman–Crippen LogP) is 4.48. The fourth-order valence-corrected chi connectivity index (χ4v) is 4.70. The Morgan fingerprint density at radius 3 is 2.62 bits per heavy atom. The molecule has 1 aliphatic rings. The van der Waals surface area contributed by atoms with Crippen LogP contribution in [0.4, 0.5) is 11.8 Å². The topological polar surface area (TPSA) is 136 Å². The van der Waals surface area contributed by atoms with Crippen LogP contribution in [0.5, 0.6) is 0 Å². The van der Waals surface area contributed by atoms with Gasteiger partial charge in [0, 0.05) is 29.2 Å². The van der Waals surface area contributed by atoms with Crippen LogP contribution in [0.2, 0.25) is 5.02 Å². The average molecular weight is 483 g/mol. The SMILES string of the molecule is CC(C)(O)O.Nc1ncc2ccn(C3CCC(CCc4ccc5cc(Cl)c(N)nc5c4)C3)c2n1. The summed E-state index contributed by atoms with van der Waals surface area (Å²) in [7, 11) is 0. The first-order valence-electron chi connectivity index (χ1n) is 11.5. The Bertz CT molecular complexity index is 1290. The zero-order chi connectivity index (χ0) is 24.5. The number of hydrogen-bond donors (Lipinski definition) is 4. The first-order valence-corrected chi connectivity index (χ1v) is 11.8. The van der Waals surface area contributed by atoms with Gasteiger partial charge in [-0.1, -0.05) is 23.7 Å². The van der Waals surface area contributed by atoms with Crippen molar-refractivity contribution in [3.8, 4) is 0 Å². The summed E-state index contributed by atoms with van der Waals surface area (Å²) in [5.74, 6) is -0.0761. The number of nitrogens with zero attached hydrogens (tertiary/aromatic N) is 4. The molecule has 1 saturated carbocycles. The highest BCUT2D eigenvalue weighted by atomic mass is 35.5. The number of aromatic nitrogens is 4. The van der Waals surface area contributed by atoms with Crippen LogP contribution in [0.15, 0.2) is 42.7 Å². The lowest BCUT2D eigenvalue weighted by atomic mass is 9.97. The van der Waals surface area contributed by atoms with Crippen molar-refractivity contribution in [2.45, 2.75) is 57.8 Å². The van der Waals surface area contributed by atoms with Gasteiger partial charge in [0.05, 0.1) is 10.5 Å². The number of fused-ring (bicyclic) bond motifs is 2. The molecule has 0 saturated heterocycles. The molecule has 1 fully saturated rings. The third-order valence-electron chi connectivity index (χ3n) is 6.08. The molecule has 180 valence electrons. The van der Waals surface area contributed by atoms with Crippen LogP contribution in [0.25, 0.3) is 21.9 Å². The normalized spacial score (nSPS) is 18.3. The van der Waals surface area contributed by atoms with Crippen LogP contribution in [0.1, 0.15) is 51.1 Å². The van der Waals surface area contributed by atoms with Crippen molar-refractivity contribution in [1.82, 2.24) is 19.5 Å². The van der Waals surface area contributed by atoms with Crippen LogP contribution in [-0.4, -0.2) is 35.5 Å². The Balaban J connectivity index is 0.000000499. The molecular weight excluding hydrogens is 452 g/mol. The lowest BCUT2D eigenvalue weighted by Crippen LogP contribution is -2.15. The highest BCUT2D eigenvalue weighted by Gasteiger charge is 2.26. The molecular formula is C25H31ClN6O2. The summed E-state index contributed by atoms with van der Waals surface area (Å²) in [6.45, 7) is 2.60. The number of hydrogen-bond acceptors (Lipinski definition) is 7. The second-order valence-electron chi connectivity index (χ2n) is 9.48. The van der Waals surface area contributed by atoms with E-state index in [-0.39, 0.29) is 0 Å². The summed E-state index contributed by atoms with van der Waals surface area (Å²) in [6.07, 6.45) is 9.71. The lowest BCUT2D eigenvalue weighted by Gasteiger charge is -2.14. The van der Waals surface area contributed by atoms with Gasteiger partial charge in [-0.2, -0.15) is 4.98 Å². The second-order valence-corrected chi connectivity index (χ2v) is 9.89. The third-order valence-corrected chi connectivity index (χ3v) is 6.39. The highest BCUT2D eigenvalue weighted by Crippen LogP contribution is 2.38. The molecule has 4 aromatic rings. The van der Waals surface area contributed by atoms with E-state index in [1.165, 1.54) is 45.1 Å². The van der Waals surface area contributed by atoms with E-state index in [0.717, 1.165) is 28.4 Å². The lowest BCUT2D eigenvalue weighted by molar-refractivity contribution is -0.127. The molecule has 8 nitrogen and oxygen atoms in total. The summed E-state index contributed by atoms with van der Waals surface area (Å²) < 4.78 is 2.28. The van der Waals surface area contributed by atoms with E-state index in [2.05, 4.69) is 50.0 Å². The first-order chi connectivity index (χ1) is 16.1. The van der Waals surface area contributed by atoms with E-state index in [9.17, 15) is 0 Å². The number of nitrogen functional groups attached to an aromatic ring is 2. The summed E-state index contributed by atoms with van der Waals surface area (Å²) in [5.41, 5.74) is 14.8. The van der Waals surface area contributed by atoms with E-state index in [1.807, 2.05) is 6.07 Å². The van der Waals surface area contributed by atoms with E-state index in [1.54, 1.807) is 6.20 Å². The number of anilines is 2. The van der Waals surface area contributed by atoms with Crippen molar-refractivity contribution < 1.29 is 10.2 Å². The molecule has 3 aromatic heterocycles. The smallest absolute Gasteiger partial charge is 0.221 e. The van der Waals surface area contributed by atoms with Crippen molar-refractivity contribution in [2.75, 3.05) is 11.5 Å². The molecule has 0 aliphatic heterocycles. The Morgan fingerprint density at radius 2 is 1.85 bits per heavy atom. The average Bonchev–Trinajstić information content (AvgIpc) is 3.38. The Morgan fingerprint density at radius 1 is 1.09 bits per heavy atom. The van der Waals surface area contributed by atoms with Gasteiger partial charge in [0.15, 0.2) is 5.79 Å². The summed E-state index contributed by atoms with van der Waals surface area (Å²) in [4.78, 5) is 13.0. The van der Waals surface area contributed by atoms with Gasteiger partial charge in [-0.15, -0.1) is 0 Å². The molecule has 34 heavy (non-hydrogen) atoms. The maximum atomic E-state index is 8.08. The second kappa shape index (κ2) is 9.74. The van der Waals surface area contributed by atoms with Gasteiger partial charge in [0.1, 0.15) is 11.5 Å². The van der Waals surface area contributed by atoms with Crippen molar-refractivity contribution in [3.63, 3.8) is 0 Å². The van der Waals surface area contributed by atoms with Gasteiger partial charge in [-0.25, -0.2) is 9.97 Å². The van der Waals surface area contributed by atoms with Crippen LogP contribution < -0.4 is 11.5 Å². The Hall–Kier alpha value is -2.94. The van der Waals surface area contributed by atoms with Crippen molar-refractivity contribution in [3.05, 3.63) is 53.3 Å². The van der Waals surface area contributed by atoms with Crippen molar-refractivity contribution in [1.29, 1.82) is 0 Å². The van der Waals surface area contributed by atoms with Crippen LogP contribution in [0.3, 0.4) is 0 Å². The fraction of sp³-hybridized carbons (Fsp3) is 0.400. The molecule has 1 aliphatic carbocycles. The van der Waals surface area contributed by atoms with Gasteiger partial charge < -0.3 is 26.2 Å². The van der Waals surface area contributed by atoms with E-state index < -0.39 is 5.79 Å². The molecule has 0 amide bonds. The molecule has 6 N–H and O–H groups in total. The molecule has 5 rings (SSSR count). The van der Waals surface area contributed by atoms with Crippen molar-refractivity contribution >= 4 is 45.3 Å². The molecule has 1 aromatic carbocycles. The van der Waals surface area contributed by atoms with Crippen molar-refractivity contribution in [2.24, 2.45) is 5.92 Å². The number of benzene rings is 1. The molecule has 9 heteroatoms. The monoisotopic (exact) mass is 482 g/mol. The zero-order valence-electron chi connectivity index (χ0n) is 19.4. The fourth-order valence-electron chi connectivity index (χ4n) is 4.54. The van der Waals surface area contributed by atoms with Gasteiger partial charge in [0.2, 0.25) is 5.95 Å². The van der Waals surface area contributed by atoms with Gasteiger partial charge >= 0.3 is 0 Å². The first kappa shape index (κ1) is 24.2. The maximum absolute atomic E-state index is 8.08. The zero-order valence-corrected chi connectivity index (χ0v) is 20.2. The van der Waals surface area contributed by atoms with E-state index in [4.69, 9.17) is 33.3 Å². The molecule has 3 heterocycles. The quantitative estimate of drug-likeness (QED) is 0.315. The number of aliphatic hydroxyl groups is 2. The van der Waals surface area contributed by atoms with Gasteiger partial charge in [-0.3, -0.25) is 0 Å².